The van der Waals surface area contributed by atoms with Crippen LogP contribution in [-0.2, 0) is 14.3 Å². The number of amides is 3. The van der Waals surface area contributed by atoms with Gasteiger partial charge >= 0.3 is 0 Å². The van der Waals surface area contributed by atoms with Crippen molar-refractivity contribution in [2.24, 2.45) is 0 Å². The fourth-order valence-electron chi connectivity index (χ4n) is 4.38. The molecule has 1 atom stereocenters. The number of aryl methyl sites for hydroxylation is 1. The molecule has 0 radical (unpaired) electrons. The first-order valence-corrected chi connectivity index (χ1v) is 12.6. The molecule has 1 saturated carbocycles. The molecule has 3 amide bonds. The molecular weight excluding hydrogens is 446 g/mol. The topological polar surface area (TPSA) is 101 Å². The van der Waals surface area contributed by atoms with Gasteiger partial charge in [-0.3, -0.25) is 14.4 Å². The fourth-order valence-corrected chi connectivity index (χ4v) is 4.38. The molecule has 1 aliphatic rings. The normalized spacial score (nSPS) is 14.8. The van der Waals surface area contributed by atoms with Crippen molar-refractivity contribution >= 4 is 17.7 Å². The smallest absolute Gasteiger partial charge is 0.287 e. The van der Waals surface area contributed by atoms with Gasteiger partial charge in [0.1, 0.15) is 6.04 Å². The molecule has 2 N–H and O–H groups in total. The Bertz CT molecular complexity index is 936. The Labute approximate surface area is 207 Å². The molecule has 1 fully saturated rings. The van der Waals surface area contributed by atoms with Crippen LogP contribution >= 0.6 is 0 Å². The molecule has 0 saturated heterocycles. The van der Waals surface area contributed by atoms with Crippen molar-refractivity contribution in [2.45, 2.75) is 64.5 Å². The molecule has 1 aromatic carbocycles. The Morgan fingerprint density at radius 1 is 1.11 bits per heavy atom. The minimum absolute atomic E-state index is 0.114. The van der Waals surface area contributed by atoms with E-state index in [4.69, 9.17) is 9.15 Å². The second kappa shape index (κ2) is 13.7. The molecule has 0 spiro atoms. The monoisotopic (exact) mass is 483 g/mol. The highest BCUT2D eigenvalue weighted by Gasteiger charge is 2.32. The summed E-state index contributed by atoms with van der Waals surface area (Å²) in [5.41, 5.74) is 1.81. The van der Waals surface area contributed by atoms with E-state index in [1.165, 1.54) is 18.8 Å². The summed E-state index contributed by atoms with van der Waals surface area (Å²) in [6, 6.07) is 10.1. The Kier molecular flexibility index (Phi) is 10.3. The van der Waals surface area contributed by atoms with Crippen LogP contribution in [0.1, 0.15) is 73.2 Å². The van der Waals surface area contributed by atoms with Gasteiger partial charge in [-0.25, -0.2) is 0 Å². The van der Waals surface area contributed by atoms with Crippen LogP contribution in [0.25, 0.3) is 0 Å². The summed E-state index contributed by atoms with van der Waals surface area (Å²) < 4.78 is 10.6. The molecule has 8 nitrogen and oxygen atoms in total. The van der Waals surface area contributed by atoms with Crippen LogP contribution in [0, 0.1) is 6.92 Å². The number of rotatable bonds is 12. The van der Waals surface area contributed by atoms with Gasteiger partial charge in [0, 0.05) is 25.8 Å². The predicted octanol–water partition coefficient (Wildman–Crippen LogP) is 3.76. The summed E-state index contributed by atoms with van der Waals surface area (Å²) in [4.78, 5) is 40.9. The largest absolute Gasteiger partial charge is 0.459 e. The summed E-state index contributed by atoms with van der Waals surface area (Å²) in [5, 5.41) is 5.81. The number of ether oxygens (including phenoxy) is 1. The number of benzene rings is 1. The van der Waals surface area contributed by atoms with E-state index in [0.29, 0.717) is 26.2 Å². The maximum Gasteiger partial charge on any atom is 0.287 e. The standard InChI is InChI=1S/C27H37N3O5/c1-3-34-17-8-16-30(24(31)19-28-26(32)23-11-7-18-35-23)25(21-14-12-20(2)13-15-21)27(33)29-22-9-5-4-6-10-22/h7,11-15,18,22,25H,3-6,8-10,16-17,19H2,1-2H3,(H,28,32)(H,29,33)/t25-/m1/s1. The number of furan rings is 1. The van der Waals surface area contributed by atoms with Gasteiger partial charge in [-0.15, -0.1) is 0 Å². The van der Waals surface area contributed by atoms with Gasteiger partial charge < -0.3 is 24.7 Å². The second-order valence-corrected chi connectivity index (χ2v) is 8.95. The number of nitrogens with one attached hydrogen (secondary N) is 2. The van der Waals surface area contributed by atoms with Crippen LogP contribution in [0.3, 0.4) is 0 Å². The molecule has 0 unspecified atom stereocenters. The molecule has 1 aliphatic carbocycles. The molecule has 0 aliphatic heterocycles. The van der Waals surface area contributed by atoms with E-state index >= 15 is 0 Å². The van der Waals surface area contributed by atoms with Crippen LogP contribution in [0.15, 0.2) is 47.1 Å². The summed E-state index contributed by atoms with van der Waals surface area (Å²) in [6.45, 7) is 5.04. The molecule has 190 valence electrons. The zero-order valence-electron chi connectivity index (χ0n) is 20.8. The fraction of sp³-hybridized carbons (Fsp3) is 0.519. The van der Waals surface area contributed by atoms with Gasteiger partial charge in [0.25, 0.3) is 5.91 Å². The molecular formula is C27H37N3O5. The van der Waals surface area contributed by atoms with E-state index in [0.717, 1.165) is 36.8 Å². The van der Waals surface area contributed by atoms with Gasteiger partial charge in [0.15, 0.2) is 5.76 Å². The Balaban J connectivity index is 1.81. The number of hydrogen-bond acceptors (Lipinski definition) is 5. The van der Waals surface area contributed by atoms with Crippen molar-refractivity contribution < 1.29 is 23.5 Å². The molecule has 2 aromatic rings. The number of carbonyl (C=O) groups excluding carboxylic acids is 3. The Morgan fingerprint density at radius 3 is 2.51 bits per heavy atom. The highest BCUT2D eigenvalue weighted by molar-refractivity contribution is 5.95. The van der Waals surface area contributed by atoms with Crippen molar-refractivity contribution in [3.63, 3.8) is 0 Å². The van der Waals surface area contributed by atoms with E-state index < -0.39 is 11.9 Å². The summed E-state index contributed by atoms with van der Waals surface area (Å²) in [6.07, 6.45) is 7.25. The van der Waals surface area contributed by atoms with Crippen LogP contribution in [0.5, 0.6) is 0 Å². The molecule has 0 bridgehead atoms. The van der Waals surface area contributed by atoms with Crippen molar-refractivity contribution in [2.75, 3.05) is 26.3 Å². The molecule has 1 heterocycles. The highest BCUT2D eigenvalue weighted by atomic mass is 16.5. The summed E-state index contributed by atoms with van der Waals surface area (Å²) in [5.74, 6) is -0.879. The van der Waals surface area contributed by atoms with Gasteiger partial charge in [0.2, 0.25) is 11.8 Å². The maximum absolute atomic E-state index is 13.6. The van der Waals surface area contributed by atoms with Crippen molar-refractivity contribution in [3.8, 4) is 0 Å². The van der Waals surface area contributed by atoms with Gasteiger partial charge in [-0.05, 0) is 50.8 Å². The maximum atomic E-state index is 13.6. The molecule has 35 heavy (non-hydrogen) atoms. The predicted molar refractivity (Wildman–Crippen MR) is 133 cm³/mol. The molecule has 8 heteroatoms. The number of nitrogens with zero attached hydrogens (tertiary/aromatic N) is 1. The van der Waals surface area contributed by atoms with Crippen molar-refractivity contribution in [1.29, 1.82) is 0 Å². The van der Waals surface area contributed by atoms with E-state index in [2.05, 4.69) is 10.6 Å². The van der Waals surface area contributed by atoms with Crippen LogP contribution in [0.4, 0.5) is 0 Å². The van der Waals surface area contributed by atoms with Gasteiger partial charge in [-0.1, -0.05) is 49.1 Å². The minimum atomic E-state index is -0.799. The lowest BCUT2D eigenvalue weighted by atomic mass is 9.94. The summed E-state index contributed by atoms with van der Waals surface area (Å²) >= 11 is 0. The minimum Gasteiger partial charge on any atom is -0.459 e. The third kappa shape index (κ3) is 7.96. The van der Waals surface area contributed by atoms with Crippen LogP contribution < -0.4 is 10.6 Å². The van der Waals surface area contributed by atoms with E-state index in [-0.39, 0.29) is 30.2 Å². The first kappa shape index (κ1) is 26.5. The summed E-state index contributed by atoms with van der Waals surface area (Å²) in [7, 11) is 0. The average molecular weight is 484 g/mol. The molecule has 3 rings (SSSR count). The van der Waals surface area contributed by atoms with Crippen LogP contribution in [-0.4, -0.2) is 55.0 Å². The highest BCUT2D eigenvalue weighted by Crippen LogP contribution is 2.25. The lowest BCUT2D eigenvalue weighted by molar-refractivity contribution is -0.140. The third-order valence-electron chi connectivity index (χ3n) is 6.26. The van der Waals surface area contributed by atoms with Crippen molar-refractivity contribution in [3.05, 3.63) is 59.5 Å². The lowest BCUT2D eigenvalue weighted by Gasteiger charge is -2.33. The first-order chi connectivity index (χ1) is 17.0. The zero-order chi connectivity index (χ0) is 25.0. The Hall–Kier alpha value is -3.13. The van der Waals surface area contributed by atoms with Crippen LogP contribution in [0.2, 0.25) is 0 Å². The van der Waals surface area contributed by atoms with Crippen molar-refractivity contribution in [1.82, 2.24) is 15.5 Å². The molecule has 1 aromatic heterocycles. The first-order valence-electron chi connectivity index (χ1n) is 12.6. The van der Waals surface area contributed by atoms with Gasteiger partial charge in [0.05, 0.1) is 12.8 Å². The third-order valence-corrected chi connectivity index (χ3v) is 6.26. The van der Waals surface area contributed by atoms with E-state index in [9.17, 15) is 14.4 Å². The average Bonchev–Trinajstić information content (AvgIpc) is 3.41. The van der Waals surface area contributed by atoms with E-state index in [1.54, 1.807) is 11.0 Å². The SMILES string of the molecule is CCOCCCN(C(=O)CNC(=O)c1ccco1)[C@@H](C(=O)NC1CCCCC1)c1ccc(C)cc1. The number of carbonyl (C=O) groups is 3. The quantitative estimate of drug-likeness (QED) is 0.448. The second-order valence-electron chi connectivity index (χ2n) is 8.95. The van der Waals surface area contributed by atoms with E-state index in [1.807, 2.05) is 38.1 Å². The Morgan fingerprint density at radius 2 is 1.86 bits per heavy atom. The lowest BCUT2D eigenvalue weighted by Crippen LogP contribution is -2.49. The number of hydrogen-bond donors (Lipinski definition) is 2. The zero-order valence-corrected chi connectivity index (χ0v) is 20.8. The van der Waals surface area contributed by atoms with Gasteiger partial charge in [-0.2, -0.15) is 0 Å².